The molecule has 0 aromatic carbocycles. The number of amides is 2. The molecule has 2 fully saturated rings. The molecule has 2 amide bonds. The fourth-order valence-corrected chi connectivity index (χ4v) is 3.43. The van der Waals surface area contributed by atoms with E-state index in [0.717, 1.165) is 24.3 Å². The molecule has 5 nitrogen and oxygen atoms in total. The van der Waals surface area contributed by atoms with Crippen molar-refractivity contribution in [2.45, 2.75) is 57.7 Å². The molecule has 1 aliphatic carbocycles. The molecule has 0 radical (unpaired) electrons. The predicted octanol–water partition coefficient (Wildman–Crippen LogP) is 1.65. The van der Waals surface area contributed by atoms with Gasteiger partial charge >= 0.3 is 0 Å². The summed E-state index contributed by atoms with van der Waals surface area (Å²) in [5, 5.41) is 4.24. The van der Waals surface area contributed by atoms with Gasteiger partial charge in [-0.2, -0.15) is 0 Å². The molecule has 1 N–H and O–H groups in total. The number of carbonyl (C=O) groups excluding carboxylic acids is 2. The number of thiazole rings is 1. The van der Waals surface area contributed by atoms with Crippen LogP contribution < -0.4 is 5.32 Å². The molecule has 0 spiro atoms. The zero-order valence-electron chi connectivity index (χ0n) is 11.8. The van der Waals surface area contributed by atoms with Crippen LogP contribution in [-0.4, -0.2) is 33.8 Å². The molecule has 0 bridgehead atoms. The van der Waals surface area contributed by atoms with Crippen molar-refractivity contribution in [2.24, 2.45) is 0 Å². The van der Waals surface area contributed by atoms with Gasteiger partial charge in [-0.25, -0.2) is 4.98 Å². The molecule has 2 unspecified atom stereocenters. The molecule has 1 aromatic heterocycles. The quantitative estimate of drug-likeness (QED) is 0.839. The van der Waals surface area contributed by atoms with Crippen LogP contribution in [0.1, 0.15) is 49.0 Å². The number of aryl methyl sites for hydroxylation is 1. The van der Waals surface area contributed by atoms with E-state index in [1.807, 2.05) is 13.1 Å². The van der Waals surface area contributed by atoms with Crippen LogP contribution in [0, 0.1) is 0 Å². The van der Waals surface area contributed by atoms with Crippen LogP contribution in [0.3, 0.4) is 0 Å². The van der Waals surface area contributed by atoms with Gasteiger partial charge in [0.2, 0.25) is 11.8 Å². The zero-order valence-corrected chi connectivity index (χ0v) is 12.6. The van der Waals surface area contributed by atoms with E-state index < -0.39 is 0 Å². The van der Waals surface area contributed by atoms with Crippen molar-refractivity contribution in [3.8, 4) is 0 Å². The summed E-state index contributed by atoms with van der Waals surface area (Å²) in [6.07, 6.45) is 5.07. The van der Waals surface area contributed by atoms with Crippen LogP contribution >= 0.6 is 11.3 Å². The molecule has 1 aliphatic heterocycles. The van der Waals surface area contributed by atoms with Gasteiger partial charge in [-0.15, -0.1) is 11.3 Å². The predicted molar refractivity (Wildman–Crippen MR) is 76.3 cm³/mol. The SMILES string of the molecule is CCc1cnc(C(C)NC2CC(=O)N(C3CC3)C2=O)s1. The number of nitrogens with zero attached hydrogens (tertiary/aromatic N) is 2. The number of hydrogen-bond acceptors (Lipinski definition) is 5. The molecule has 108 valence electrons. The van der Waals surface area contributed by atoms with Gasteiger partial charge < -0.3 is 0 Å². The highest BCUT2D eigenvalue weighted by Gasteiger charge is 2.46. The van der Waals surface area contributed by atoms with Gasteiger partial charge in [0.25, 0.3) is 0 Å². The van der Waals surface area contributed by atoms with E-state index in [0.29, 0.717) is 0 Å². The highest BCUT2D eigenvalue weighted by molar-refractivity contribution is 7.11. The third kappa shape index (κ3) is 2.50. The van der Waals surface area contributed by atoms with Crippen LogP contribution in [0.25, 0.3) is 0 Å². The minimum Gasteiger partial charge on any atom is -0.297 e. The lowest BCUT2D eigenvalue weighted by Gasteiger charge is -2.17. The first-order chi connectivity index (χ1) is 9.60. The Balaban J connectivity index is 1.65. The van der Waals surface area contributed by atoms with Crippen molar-refractivity contribution < 1.29 is 9.59 Å². The standard InChI is InChI=1S/C14H19N3O2S/c1-3-10-7-15-13(20-10)8(2)16-11-6-12(18)17(14(11)19)9-4-5-9/h7-9,11,16H,3-6H2,1-2H3. The molecular weight excluding hydrogens is 274 g/mol. The third-order valence-electron chi connectivity index (χ3n) is 3.84. The maximum Gasteiger partial charge on any atom is 0.247 e. The Kier molecular flexibility index (Phi) is 3.60. The first-order valence-corrected chi connectivity index (χ1v) is 7.98. The fourth-order valence-electron chi connectivity index (χ4n) is 2.56. The highest BCUT2D eigenvalue weighted by atomic mass is 32.1. The molecule has 2 atom stereocenters. The minimum absolute atomic E-state index is 0.00111. The third-order valence-corrected chi connectivity index (χ3v) is 5.16. The lowest BCUT2D eigenvalue weighted by molar-refractivity contribution is -0.139. The van der Waals surface area contributed by atoms with Crippen molar-refractivity contribution in [2.75, 3.05) is 0 Å². The Morgan fingerprint density at radius 1 is 1.50 bits per heavy atom. The average molecular weight is 293 g/mol. The Bertz CT molecular complexity index is 538. The van der Waals surface area contributed by atoms with Crippen molar-refractivity contribution in [1.29, 1.82) is 0 Å². The number of nitrogens with one attached hydrogen (secondary N) is 1. The topological polar surface area (TPSA) is 62.3 Å². The second kappa shape index (κ2) is 5.26. The van der Waals surface area contributed by atoms with Gasteiger partial charge in [0, 0.05) is 17.1 Å². The molecule has 1 saturated heterocycles. The number of likely N-dealkylation sites (tertiary alicyclic amines) is 1. The summed E-state index contributed by atoms with van der Waals surface area (Å²) in [6, 6.07) is -0.211. The Labute approximate surface area is 122 Å². The molecule has 3 rings (SSSR count). The first-order valence-electron chi connectivity index (χ1n) is 7.16. The summed E-state index contributed by atoms with van der Waals surface area (Å²) in [5.74, 6) is -0.0905. The number of imide groups is 1. The normalized spacial score (nSPS) is 24.5. The summed E-state index contributed by atoms with van der Waals surface area (Å²) < 4.78 is 0. The smallest absolute Gasteiger partial charge is 0.247 e. The second-order valence-electron chi connectivity index (χ2n) is 5.50. The van der Waals surface area contributed by atoms with Crippen LogP contribution in [0.4, 0.5) is 0 Å². The van der Waals surface area contributed by atoms with Crippen molar-refractivity contribution in [3.05, 3.63) is 16.1 Å². The zero-order chi connectivity index (χ0) is 14.3. The maximum absolute atomic E-state index is 12.3. The van der Waals surface area contributed by atoms with Crippen molar-refractivity contribution in [3.63, 3.8) is 0 Å². The van der Waals surface area contributed by atoms with Gasteiger partial charge in [0.15, 0.2) is 0 Å². The van der Waals surface area contributed by atoms with E-state index >= 15 is 0 Å². The Morgan fingerprint density at radius 3 is 2.85 bits per heavy atom. The summed E-state index contributed by atoms with van der Waals surface area (Å²) in [6.45, 7) is 4.10. The molecule has 1 aromatic rings. The van der Waals surface area contributed by atoms with E-state index in [4.69, 9.17) is 0 Å². The molecule has 20 heavy (non-hydrogen) atoms. The summed E-state index contributed by atoms with van der Waals surface area (Å²) in [7, 11) is 0. The summed E-state index contributed by atoms with van der Waals surface area (Å²) in [5.41, 5.74) is 0. The number of hydrogen-bond donors (Lipinski definition) is 1. The van der Waals surface area contributed by atoms with Crippen molar-refractivity contribution >= 4 is 23.2 Å². The summed E-state index contributed by atoms with van der Waals surface area (Å²) in [4.78, 5) is 31.2. The van der Waals surface area contributed by atoms with Gasteiger partial charge in [-0.1, -0.05) is 6.92 Å². The molecule has 6 heteroatoms. The second-order valence-corrected chi connectivity index (χ2v) is 6.64. The molecule has 2 aliphatic rings. The minimum atomic E-state index is -0.382. The van der Waals surface area contributed by atoms with Crippen LogP contribution in [-0.2, 0) is 16.0 Å². The molecule has 2 heterocycles. The first kappa shape index (κ1) is 13.7. The molecule has 1 saturated carbocycles. The number of rotatable bonds is 5. The van der Waals surface area contributed by atoms with Gasteiger partial charge in [-0.05, 0) is 26.2 Å². The Morgan fingerprint density at radius 2 is 2.25 bits per heavy atom. The van der Waals surface area contributed by atoms with Crippen LogP contribution in [0.2, 0.25) is 0 Å². The van der Waals surface area contributed by atoms with E-state index in [1.165, 1.54) is 9.78 Å². The van der Waals surface area contributed by atoms with Gasteiger partial charge in [0.05, 0.1) is 18.5 Å². The largest absolute Gasteiger partial charge is 0.297 e. The maximum atomic E-state index is 12.3. The lowest BCUT2D eigenvalue weighted by Crippen LogP contribution is -2.40. The molecular formula is C14H19N3O2S. The van der Waals surface area contributed by atoms with Crippen LogP contribution in [0.5, 0.6) is 0 Å². The number of carbonyl (C=O) groups is 2. The van der Waals surface area contributed by atoms with Crippen molar-refractivity contribution in [1.82, 2.24) is 15.2 Å². The Hall–Kier alpha value is -1.27. The summed E-state index contributed by atoms with van der Waals surface area (Å²) >= 11 is 1.66. The van der Waals surface area contributed by atoms with Gasteiger partial charge in [0.1, 0.15) is 5.01 Å². The van der Waals surface area contributed by atoms with Crippen LogP contribution in [0.15, 0.2) is 6.20 Å². The number of aromatic nitrogens is 1. The lowest BCUT2D eigenvalue weighted by atomic mass is 10.2. The van der Waals surface area contributed by atoms with E-state index in [2.05, 4.69) is 17.2 Å². The van der Waals surface area contributed by atoms with E-state index in [9.17, 15) is 9.59 Å². The van der Waals surface area contributed by atoms with E-state index in [-0.39, 0.29) is 36.4 Å². The highest BCUT2D eigenvalue weighted by Crippen LogP contribution is 2.32. The fraction of sp³-hybridized carbons (Fsp3) is 0.643. The average Bonchev–Trinajstić information content (AvgIpc) is 3.05. The van der Waals surface area contributed by atoms with Gasteiger partial charge in [-0.3, -0.25) is 19.8 Å². The van der Waals surface area contributed by atoms with E-state index in [1.54, 1.807) is 11.3 Å². The monoisotopic (exact) mass is 293 g/mol.